The van der Waals surface area contributed by atoms with E-state index in [4.69, 9.17) is 4.74 Å². The van der Waals surface area contributed by atoms with Gasteiger partial charge in [0.2, 0.25) is 15.9 Å². The monoisotopic (exact) mass is 396 g/mol. The molecule has 1 atom stereocenters. The van der Waals surface area contributed by atoms with E-state index in [1.807, 2.05) is 6.92 Å². The Balaban J connectivity index is 1.62. The second-order valence-corrected chi connectivity index (χ2v) is 9.11. The van der Waals surface area contributed by atoms with Crippen molar-refractivity contribution in [1.82, 2.24) is 9.62 Å². The smallest absolute Gasteiger partial charge is 0.331 e. The summed E-state index contributed by atoms with van der Waals surface area (Å²) >= 11 is 0. The molecule has 8 nitrogen and oxygen atoms in total. The van der Waals surface area contributed by atoms with Crippen LogP contribution in [-0.4, -0.2) is 61.5 Å². The Labute approximate surface area is 158 Å². The van der Waals surface area contributed by atoms with Crippen molar-refractivity contribution in [3.63, 3.8) is 0 Å². The number of carboxylic acid groups (broad SMARTS) is 1. The van der Waals surface area contributed by atoms with Crippen molar-refractivity contribution in [1.29, 1.82) is 0 Å². The number of ether oxygens (including phenoxy) is 1. The van der Waals surface area contributed by atoms with Gasteiger partial charge < -0.3 is 15.2 Å². The third kappa shape index (κ3) is 3.99. The highest BCUT2D eigenvalue weighted by Crippen LogP contribution is 2.26. The van der Waals surface area contributed by atoms with Gasteiger partial charge in [-0.2, -0.15) is 4.31 Å². The molecule has 148 valence electrons. The molecule has 0 radical (unpaired) electrons. The molecule has 2 N–H and O–H groups in total. The number of rotatable bonds is 5. The molecule has 1 aromatic rings. The maximum Gasteiger partial charge on any atom is 0.331 e. The quantitative estimate of drug-likeness (QED) is 0.760. The van der Waals surface area contributed by atoms with Gasteiger partial charge in [-0.05, 0) is 31.9 Å². The van der Waals surface area contributed by atoms with Gasteiger partial charge in [0.15, 0.2) is 5.54 Å². The van der Waals surface area contributed by atoms with Crippen molar-refractivity contribution in [3.05, 3.63) is 29.8 Å². The molecule has 3 rings (SSSR count). The first-order valence-corrected chi connectivity index (χ1v) is 10.4. The Morgan fingerprint density at radius 1 is 1.22 bits per heavy atom. The van der Waals surface area contributed by atoms with Crippen LogP contribution in [0.15, 0.2) is 29.2 Å². The predicted octanol–water partition coefficient (Wildman–Crippen LogP) is 0.756. The van der Waals surface area contributed by atoms with Crippen molar-refractivity contribution in [2.75, 3.05) is 26.3 Å². The molecular formula is C18H24N2O6S. The molecule has 2 fully saturated rings. The maximum absolute atomic E-state index is 12.7. The highest BCUT2D eigenvalue weighted by Gasteiger charge is 2.45. The number of nitrogens with one attached hydrogen (secondary N) is 1. The lowest BCUT2D eigenvalue weighted by atomic mass is 9.93. The Morgan fingerprint density at radius 2 is 1.85 bits per heavy atom. The number of amides is 1. The SMILES string of the molecule is Cc1ccc(S(=O)(=O)N2CCC(C(=O)NC3(C(=O)O)CCOC3)CC2)cc1. The highest BCUT2D eigenvalue weighted by molar-refractivity contribution is 7.89. The van der Waals surface area contributed by atoms with Crippen LogP contribution in [0, 0.1) is 12.8 Å². The predicted molar refractivity (Wildman–Crippen MR) is 96.6 cm³/mol. The zero-order valence-electron chi connectivity index (χ0n) is 15.2. The van der Waals surface area contributed by atoms with Crippen LogP contribution in [0.4, 0.5) is 0 Å². The summed E-state index contributed by atoms with van der Waals surface area (Å²) in [5, 5.41) is 12.0. The van der Waals surface area contributed by atoms with Gasteiger partial charge in [-0.15, -0.1) is 0 Å². The van der Waals surface area contributed by atoms with Gasteiger partial charge in [-0.3, -0.25) is 4.79 Å². The van der Waals surface area contributed by atoms with Crippen molar-refractivity contribution < 1.29 is 27.9 Å². The molecule has 0 spiro atoms. The van der Waals surface area contributed by atoms with Gasteiger partial charge in [-0.25, -0.2) is 13.2 Å². The van der Waals surface area contributed by atoms with Crippen molar-refractivity contribution in [2.24, 2.45) is 5.92 Å². The summed E-state index contributed by atoms with van der Waals surface area (Å²) in [6, 6.07) is 6.67. The lowest BCUT2D eigenvalue weighted by Gasteiger charge is -2.32. The van der Waals surface area contributed by atoms with Gasteiger partial charge in [0.25, 0.3) is 0 Å². The second kappa shape index (κ2) is 7.57. The van der Waals surface area contributed by atoms with Crippen LogP contribution < -0.4 is 5.32 Å². The van der Waals surface area contributed by atoms with E-state index in [2.05, 4.69) is 5.32 Å². The van der Waals surface area contributed by atoms with E-state index in [1.54, 1.807) is 24.3 Å². The van der Waals surface area contributed by atoms with Crippen molar-refractivity contribution in [2.45, 2.75) is 36.6 Å². The third-order valence-electron chi connectivity index (χ3n) is 5.28. The zero-order valence-corrected chi connectivity index (χ0v) is 16.0. The largest absolute Gasteiger partial charge is 0.479 e. The fourth-order valence-corrected chi connectivity index (χ4v) is 4.91. The number of benzene rings is 1. The molecule has 0 aromatic heterocycles. The summed E-state index contributed by atoms with van der Waals surface area (Å²) in [7, 11) is -3.59. The first kappa shape index (κ1) is 19.8. The van der Waals surface area contributed by atoms with E-state index in [1.165, 1.54) is 4.31 Å². The van der Waals surface area contributed by atoms with E-state index in [0.717, 1.165) is 5.56 Å². The average Bonchev–Trinajstić information content (AvgIpc) is 3.12. The standard InChI is InChI=1S/C18H24N2O6S/c1-13-2-4-15(5-3-13)27(24,25)20-9-6-14(7-10-20)16(21)19-18(17(22)23)8-11-26-12-18/h2-5,14H,6-12H2,1H3,(H,19,21)(H,22,23). The van der Waals surface area contributed by atoms with Crippen molar-refractivity contribution in [3.8, 4) is 0 Å². The lowest BCUT2D eigenvalue weighted by Crippen LogP contribution is -2.57. The number of hydrogen-bond acceptors (Lipinski definition) is 5. The number of aryl methyl sites for hydroxylation is 1. The molecule has 2 heterocycles. The van der Waals surface area contributed by atoms with Crippen molar-refractivity contribution >= 4 is 21.9 Å². The minimum atomic E-state index is -3.59. The fourth-order valence-electron chi connectivity index (χ4n) is 3.44. The minimum Gasteiger partial charge on any atom is -0.479 e. The third-order valence-corrected chi connectivity index (χ3v) is 7.19. The number of carbonyl (C=O) groups excluding carboxylic acids is 1. The highest BCUT2D eigenvalue weighted by atomic mass is 32.2. The van der Waals surface area contributed by atoms with Gasteiger partial charge in [0.05, 0.1) is 11.5 Å². The Kier molecular flexibility index (Phi) is 5.55. The molecule has 0 saturated carbocycles. The van der Waals surface area contributed by atoms with Gasteiger partial charge in [-0.1, -0.05) is 17.7 Å². The topological polar surface area (TPSA) is 113 Å². The molecule has 2 saturated heterocycles. The first-order valence-electron chi connectivity index (χ1n) is 8.95. The Bertz CT molecular complexity index is 807. The fraction of sp³-hybridized carbons (Fsp3) is 0.556. The van der Waals surface area contributed by atoms with E-state index >= 15 is 0 Å². The number of carboxylic acids is 1. The number of carbonyl (C=O) groups is 2. The molecule has 1 amide bonds. The van der Waals surface area contributed by atoms with E-state index in [0.29, 0.717) is 19.4 Å². The number of piperidine rings is 1. The number of nitrogens with zero attached hydrogens (tertiary/aromatic N) is 1. The Morgan fingerprint density at radius 3 is 2.37 bits per heavy atom. The first-order chi connectivity index (χ1) is 12.7. The van der Waals surface area contributed by atoms with Crippen LogP contribution in [0.5, 0.6) is 0 Å². The van der Waals surface area contributed by atoms with E-state index in [9.17, 15) is 23.1 Å². The van der Waals surface area contributed by atoms with Gasteiger partial charge in [0, 0.05) is 32.0 Å². The Hall–Kier alpha value is -1.97. The van der Waals surface area contributed by atoms with Crippen LogP contribution in [0.25, 0.3) is 0 Å². The van der Waals surface area contributed by atoms with Crippen LogP contribution >= 0.6 is 0 Å². The molecule has 1 unspecified atom stereocenters. The zero-order chi connectivity index (χ0) is 19.7. The van der Waals surface area contributed by atoms with E-state index in [-0.39, 0.29) is 36.9 Å². The number of aliphatic carboxylic acids is 1. The molecule has 0 bridgehead atoms. The second-order valence-electron chi connectivity index (χ2n) is 7.17. The number of sulfonamides is 1. The summed E-state index contributed by atoms with van der Waals surface area (Å²) in [6.07, 6.45) is 0.940. The molecule has 0 aliphatic carbocycles. The van der Waals surface area contributed by atoms with Crippen LogP contribution in [0.2, 0.25) is 0 Å². The number of hydrogen-bond donors (Lipinski definition) is 2. The van der Waals surface area contributed by atoms with Crippen LogP contribution in [0.1, 0.15) is 24.8 Å². The summed E-state index contributed by atoms with van der Waals surface area (Å²) in [5.41, 5.74) is -0.394. The summed E-state index contributed by atoms with van der Waals surface area (Å²) in [5.74, 6) is -1.87. The molecule has 2 aliphatic rings. The summed E-state index contributed by atoms with van der Waals surface area (Å²) < 4.78 is 32.0. The average molecular weight is 396 g/mol. The summed E-state index contributed by atoms with van der Waals surface area (Å²) in [4.78, 5) is 24.3. The molecule has 9 heteroatoms. The van der Waals surface area contributed by atoms with Gasteiger partial charge in [0.1, 0.15) is 0 Å². The molecular weight excluding hydrogens is 372 g/mol. The maximum atomic E-state index is 12.7. The molecule has 1 aromatic carbocycles. The summed E-state index contributed by atoms with van der Waals surface area (Å²) in [6.45, 7) is 2.59. The van der Waals surface area contributed by atoms with Crippen LogP contribution in [-0.2, 0) is 24.3 Å². The van der Waals surface area contributed by atoms with E-state index < -0.39 is 27.4 Å². The molecule has 27 heavy (non-hydrogen) atoms. The molecule has 2 aliphatic heterocycles. The minimum absolute atomic E-state index is 0.0469. The normalized spacial score (nSPS) is 24.6. The van der Waals surface area contributed by atoms with Gasteiger partial charge >= 0.3 is 5.97 Å². The van der Waals surface area contributed by atoms with Crippen LogP contribution in [0.3, 0.4) is 0 Å². The lowest BCUT2D eigenvalue weighted by molar-refractivity contribution is -0.148.